The van der Waals surface area contributed by atoms with Crippen molar-refractivity contribution in [1.29, 1.82) is 0 Å². The molecule has 0 radical (unpaired) electrons. The third-order valence-electron chi connectivity index (χ3n) is 4.72. The Bertz CT molecular complexity index is 1180. The lowest BCUT2D eigenvalue weighted by Gasteiger charge is -2.23. The second-order valence-electron chi connectivity index (χ2n) is 7.66. The minimum Gasteiger partial charge on any atom is -0.451 e. The van der Waals surface area contributed by atoms with Gasteiger partial charge in [0.05, 0.1) is 6.54 Å². The summed E-state index contributed by atoms with van der Waals surface area (Å²) in [6, 6.07) is 13.6. The molecule has 0 fully saturated rings. The molecular formula is C26H28Cl3F2N3O3S2. The van der Waals surface area contributed by atoms with Crippen LogP contribution in [-0.4, -0.2) is 46.4 Å². The topological polar surface area (TPSA) is 65.0 Å². The van der Waals surface area contributed by atoms with Gasteiger partial charge in [-0.2, -0.15) is 0 Å². The Morgan fingerprint density at radius 3 is 2.10 bits per heavy atom. The Balaban J connectivity index is 0.00000260. The van der Waals surface area contributed by atoms with Crippen LogP contribution < -0.4 is 10.2 Å². The molecule has 13 heteroatoms. The summed E-state index contributed by atoms with van der Waals surface area (Å²) in [4.78, 5) is 12.0. The summed E-state index contributed by atoms with van der Waals surface area (Å²) in [5, 5.41) is 10.5. The molecule has 0 unspecified atom stereocenters. The lowest BCUT2D eigenvalue weighted by atomic mass is 10.2. The predicted molar refractivity (Wildman–Crippen MR) is 157 cm³/mol. The number of rotatable bonds is 12. The molecule has 3 rings (SSSR count). The highest BCUT2D eigenvalue weighted by molar-refractivity contribution is 7.97. The maximum absolute atomic E-state index is 14.7. The maximum atomic E-state index is 14.7. The Kier molecular flexibility index (Phi) is 14.7. The Hall–Kier alpha value is -1.76. The fraction of sp³-hybridized carbons (Fsp3) is 0.269. The van der Waals surface area contributed by atoms with E-state index in [2.05, 4.69) is 0 Å². The highest BCUT2D eigenvalue weighted by Gasteiger charge is 2.18. The molecule has 3 aromatic rings. The van der Waals surface area contributed by atoms with E-state index in [4.69, 9.17) is 44.7 Å². The second-order valence-corrected chi connectivity index (χ2v) is 11.3. The first-order valence-electron chi connectivity index (χ1n) is 11.7. The molecule has 0 aliphatic heterocycles. The monoisotopic (exact) mass is 637 g/mol. The van der Waals surface area contributed by atoms with Gasteiger partial charge >= 0.3 is 0 Å². The van der Waals surface area contributed by atoms with Crippen molar-refractivity contribution in [2.24, 2.45) is 0 Å². The normalized spacial score (nSPS) is 10.8. The summed E-state index contributed by atoms with van der Waals surface area (Å²) < 4.78 is 38.3. The molecule has 1 amide bonds. The summed E-state index contributed by atoms with van der Waals surface area (Å²) in [7, 11) is 1.87. The minimum absolute atomic E-state index is 0.212. The molecule has 0 spiro atoms. The van der Waals surface area contributed by atoms with E-state index in [9.17, 15) is 13.6 Å². The highest BCUT2D eigenvalue weighted by atomic mass is 35.5. The number of likely N-dealkylation sites (N-methyl/N-ethyl adjacent to an activating group) is 1. The first-order valence-corrected chi connectivity index (χ1v) is 14.5. The smallest absolute Gasteiger partial charge is 0.258 e. The molecule has 3 aromatic carbocycles. The number of benzene rings is 3. The van der Waals surface area contributed by atoms with Gasteiger partial charge in [-0.3, -0.25) is 14.3 Å². The summed E-state index contributed by atoms with van der Waals surface area (Å²) in [6.45, 7) is 4.62. The van der Waals surface area contributed by atoms with Gasteiger partial charge < -0.3 is 4.74 Å². The van der Waals surface area contributed by atoms with Crippen LogP contribution in [-0.2, 0) is 10.5 Å². The van der Waals surface area contributed by atoms with Crippen LogP contribution in [0.5, 0.6) is 11.5 Å². The van der Waals surface area contributed by atoms with Gasteiger partial charge in [-0.25, -0.2) is 18.6 Å². The van der Waals surface area contributed by atoms with Crippen molar-refractivity contribution < 1.29 is 23.5 Å². The Morgan fingerprint density at radius 2 is 1.54 bits per heavy atom. The molecule has 0 aromatic heterocycles. The van der Waals surface area contributed by atoms with Crippen LogP contribution in [0.3, 0.4) is 0 Å². The molecule has 0 bridgehead atoms. The zero-order chi connectivity index (χ0) is 28.9. The van der Waals surface area contributed by atoms with Crippen molar-refractivity contribution in [1.82, 2.24) is 14.1 Å². The molecule has 0 heterocycles. The van der Waals surface area contributed by atoms with Crippen molar-refractivity contribution in [2.75, 3.05) is 26.7 Å². The molecule has 0 saturated carbocycles. The van der Waals surface area contributed by atoms with E-state index >= 15 is 0 Å². The third-order valence-corrected chi connectivity index (χ3v) is 7.51. The van der Waals surface area contributed by atoms with Crippen LogP contribution in [0.25, 0.3) is 0 Å². The SMILES string of the molecule is CC.CN(CCN(CC(=O)NO)Sc1cc(F)c(Oc2ccc(Cl)cc2)c(F)c1)SCc1cc(Cl)cc(Cl)c1. The quantitative estimate of drug-likeness (QED) is 0.117. The summed E-state index contributed by atoms with van der Waals surface area (Å²) in [5.74, 6) is -2.19. The third kappa shape index (κ3) is 11.7. The molecular weight excluding hydrogens is 611 g/mol. The number of halogens is 5. The van der Waals surface area contributed by atoms with Crippen molar-refractivity contribution in [2.45, 2.75) is 24.5 Å². The van der Waals surface area contributed by atoms with Gasteiger partial charge in [-0.05, 0) is 79.2 Å². The lowest BCUT2D eigenvalue weighted by Crippen LogP contribution is -2.35. The van der Waals surface area contributed by atoms with Gasteiger partial charge in [0.25, 0.3) is 5.91 Å². The number of hydroxylamine groups is 1. The van der Waals surface area contributed by atoms with Crippen molar-refractivity contribution >= 4 is 64.6 Å². The molecule has 0 saturated heterocycles. The van der Waals surface area contributed by atoms with Crippen molar-refractivity contribution in [3.8, 4) is 11.5 Å². The van der Waals surface area contributed by atoms with Crippen LogP contribution in [0.15, 0.2) is 59.5 Å². The number of amides is 1. The molecule has 0 atom stereocenters. The highest BCUT2D eigenvalue weighted by Crippen LogP contribution is 2.33. The largest absolute Gasteiger partial charge is 0.451 e. The van der Waals surface area contributed by atoms with Crippen molar-refractivity contribution in [3.63, 3.8) is 0 Å². The van der Waals surface area contributed by atoms with Crippen LogP contribution in [0.1, 0.15) is 19.4 Å². The average Bonchev–Trinajstić information content (AvgIpc) is 2.89. The van der Waals surface area contributed by atoms with E-state index < -0.39 is 23.3 Å². The van der Waals surface area contributed by atoms with Gasteiger partial charge in [0.1, 0.15) is 5.75 Å². The van der Waals surface area contributed by atoms with Gasteiger partial charge in [-0.15, -0.1) is 0 Å². The fourth-order valence-electron chi connectivity index (χ4n) is 3.00. The maximum Gasteiger partial charge on any atom is 0.258 e. The lowest BCUT2D eigenvalue weighted by molar-refractivity contribution is -0.129. The molecule has 6 nitrogen and oxygen atoms in total. The van der Waals surface area contributed by atoms with Crippen LogP contribution in [0.4, 0.5) is 8.78 Å². The van der Waals surface area contributed by atoms with Gasteiger partial charge in [0, 0.05) is 38.8 Å². The fourth-order valence-corrected chi connectivity index (χ4v) is 5.41. The zero-order valence-corrected chi connectivity index (χ0v) is 25.3. The van der Waals surface area contributed by atoms with E-state index in [-0.39, 0.29) is 17.2 Å². The summed E-state index contributed by atoms with van der Waals surface area (Å²) >= 11 is 20.4. The molecule has 39 heavy (non-hydrogen) atoms. The Morgan fingerprint density at radius 1 is 0.949 bits per heavy atom. The van der Waals surface area contributed by atoms with Crippen molar-refractivity contribution in [3.05, 3.63) is 86.9 Å². The first-order chi connectivity index (χ1) is 18.6. The van der Waals surface area contributed by atoms with E-state index in [1.165, 1.54) is 24.1 Å². The second kappa shape index (κ2) is 17.1. The first kappa shape index (κ1) is 33.4. The van der Waals surface area contributed by atoms with E-state index in [1.54, 1.807) is 28.0 Å². The number of carbonyl (C=O) groups is 1. The Labute approximate surface area is 250 Å². The number of nitrogens with zero attached hydrogens (tertiary/aromatic N) is 2. The molecule has 0 aliphatic rings. The van der Waals surface area contributed by atoms with Gasteiger partial charge in [0.2, 0.25) is 0 Å². The van der Waals surface area contributed by atoms with Gasteiger partial charge in [-0.1, -0.05) is 60.6 Å². The summed E-state index contributed by atoms with van der Waals surface area (Å²) in [6.07, 6.45) is 0. The average molecular weight is 639 g/mol. The molecule has 212 valence electrons. The minimum atomic E-state index is -0.906. The number of nitrogens with one attached hydrogen (secondary N) is 1. The standard InChI is InChI=1S/C24H22Cl3F2N3O3S2.C2H6/c1-31(36-14-15-8-17(26)10-18(27)9-15)6-7-32(13-23(33)30-34)37-20-11-21(28)24(22(29)12-20)35-19-4-2-16(25)3-5-19;1-2/h2-5,8-12,34H,6-7,13-14H2,1H3,(H,30,33);1-2H3. The van der Waals surface area contributed by atoms with Gasteiger partial charge in [0.15, 0.2) is 17.4 Å². The number of hydrogen-bond donors (Lipinski definition) is 2. The summed E-state index contributed by atoms with van der Waals surface area (Å²) in [5.41, 5.74) is 2.52. The number of carbonyl (C=O) groups excluding carboxylic acids is 1. The number of hydrogen-bond acceptors (Lipinski definition) is 7. The predicted octanol–water partition coefficient (Wildman–Crippen LogP) is 8.34. The number of ether oxygens (including phenoxy) is 1. The van der Waals surface area contributed by atoms with Crippen LogP contribution >= 0.6 is 58.7 Å². The van der Waals surface area contributed by atoms with Crippen LogP contribution in [0.2, 0.25) is 15.1 Å². The van der Waals surface area contributed by atoms with Crippen LogP contribution in [0, 0.1) is 11.6 Å². The zero-order valence-electron chi connectivity index (χ0n) is 21.4. The van der Waals surface area contributed by atoms with E-state index in [0.29, 0.717) is 33.9 Å². The molecule has 2 N–H and O–H groups in total. The van der Waals surface area contributed by atoms with E-state index in [1.807, 2.05) is 37.3 Å². The molecule has 0 aliphatic carbocycles. The van der Waals surface area contributed by atoms with E-state index in [0.717, 1.165) is 29.6 Å².